The maximum atomic E-state index is 12.1. The van der Waals surface area contributed by atoms with Crippen molar-refractivity contribution in [1.29, 1.82) is 0 Å². The Morgan fingerprint density at radius 2 is 1.06 bits per heavy atom. The molecule has 0 spiro atoms. The van der Waals surface area contributed by atoms with E-state index in [-0.39, 0.29) is 19.0 Å². The van der Waals surface area contributed by atoms with Gasteiger partial charge in [0.05, 0.1) is 63.2 Å². The molecule has 178 valence electrons. The van der Waals surface area contributed by atoms with Crippen LogP contribution in [0, 0.1) is 0 Å². The summed E-state index contributed by atoms with van der Waals surface area (Å²) in [6, 6.07) is 13.4. The van der Waals surface area contributed by atoms with Gasteiger partial charge in [0.25, 0.3) is 0 Å². The molecule has 9 heteroatoms. The second-order valence-electron chi connectivity index (χ2n) is 6.82. The Labute approximate surface area is 193 Å². The molecule has 0 aliphatic rings. The number of carbonyl (C=O) groups excluding carboxylic acids is 2. The highest BCUT2D eigenvalue weighted by Crippen LogP contribution is 2.19. The summed E-state index contributed by atoms with van der Waals surface area (Å²) in [6.45, 7) is 4.91. The van der Waals surface area contributed by atoms with Crippen molar-refractivity contribution in [3.63, 3.8) is 0 Å². The van der Waals surface area contributed by atoms with Gasteiger partial charge in [-0.2, -0.15) is 10.2 Å². The van der Waals surface area contributed by atoms with Crippen molar-refractivity contribution in [2.45, 2.75) is 6.92 Å². The van der Waals surface area contributed by atoms with Gasteiger partial charge in [-0.1, -0.05) is 0 Å². The maximum absolute atomic E-state index is 12.1. The topological polar surface area (TPSA) is 105 Å². The quantitative estimate of drug-likeness (QED) is 0.161. The molecular weight excluding hydrogens is 428 g/mol. The van der Waals surface area contributed by atoms with E-state index in [0.29, 0.717) is 62.1 Å². The predicted molar refractivity (Wildman–Crippen MR) is 122 cm³/mol. The molecule has 2 rings (SSSR count). The molecule has 2 aromatic rings. The first-order valence-corrected chi connectivity index (χ1v) is 10.6. The summed E-state index contributed by atoms with van der Waals surface area (Å²) in [5.74, 6) is -0.441. The summed E-state index contributed by atoms with van der Waals surface area (Å²) in [5, 5.41) is 8.25. The van der Waals surface area contributed by atoms with Crippen molar-refractivity contribution in [3.8, 4) is 0 Å². The van der Waals surface area contributed by atoms with Crippen LogP contribution in [0.4, 0.5) is 11.4 Å². The molecule has 0 bridgehead atoms. The lowest BCUT2D eigenvalue weighted by Crippen LogP contribution is -2.14. The number of hydrogen-bond donors (Lipinski definition) is 0. The summed E-state index contributed by atoms with van der Waals surface area (Å²) < 4.78 is 26.1. The molecule has 33 heavy (non-hydrogen) atoms. The lowest BCUT2D eigenvalue weighted by molar-refractivity contribution is -0.00551. The second-order valence-corrected chi connectivity index (χ2v) is 6.82. The molecule has 0 atom stereocenters. The molecule has 0 amide bonds. The fourth-order valence-corrected chi connectivity index (χ4v) is 2.50. The molecule has 0 saturated carbocycles. The van der Waals surface area contributed by atoms with Gasteiger partial charge in [0.15, 0.2) is 5.78 Å². The molecule has 0 radical (unpaired) electrons. The molecule has 0 aromatic heterocycles. The summed E-state index contributed by atoms with van der Waals surface area (Å²) >= 11 is 0. The Kier molecular flexibility index (Phi) is 12.5. The Balaban J connectivity index is 1.59. The zero-order valence-electron chi connectivity index (χ0n) is 19.0. The van der Waals surface area contributed by atoms with Crippen LogP contribution in [-0.4, -0.2) is 71.7 Å². The van der Waals surface area contributed by atoms with Crippen LogP contribution < -0.4 is 0 Å². The van der Waals surface area contributed by atoms with E-state index in [1.54, 1.807) is 55.6 Å². The number of rotatable bonds is 16. The van der Waals surface area contributed by atoms with Crippen molar-refractivity contribution in [2.24, 2.45) is 10.2 Å². The minimum Gasteiger partial charge on any atom is -0.460 e. The fraction of sp³-hybridized carbons (Fsp3) is 0.417. The van der Waals surface area contributed by atoms with Crippen molar-refractivity contribution < 1.29 is 33.3 Å². The van der Waals surface area contributed by atoms with Gasteiger partial charge in [-0.3, -0.25) is 4.79 Å². The highest BCUT2D eigenvalue weighted by molar-refractivity contribution is 5.94. The first-order chi connectivity index (χ1) is 16.1. The summed E-state index contributed by atoms with van der Waals surface area (Å²) in [5.41, 5.74) is 2.26. The first-order valence-electron chi connectivity index (χ1n) is 10.6. The molecule has 0 fully saturated rings. The number of hydrogen-bond acceptors (Lipinski definition) is 9. The standard InChI is InChI=1S/C24H30N2O7/c1-19(27)20-3-7-22(8-4-20)25-26-23-9-5-21(6-10-23)24(28)33-18-17-32-16-15-31-14-13-30-12-11-29-2/h3-10H,11-18H2,1-2H3. The average Bonchev–Trinajstić information content (AvgIpc) is 2.84. The Morgan fingerprint density at radius 1 is 0.636 bits per heavy atom. The van der Waals surface area contributed by atoms with Gasteiger partial charge < -0.3 is 23.7 Å². The van der Waals surface area contributed by atoms with Crippen LogP contribution in [-0.2, 0) is 23.7 Å². The number of ketones is 1. The molecule has 0 saturated heterocycles. The minimum atomic E-state index is -0.439. The first kappa shape index (κ1) is 26.3. The van der Waals surface area contributed by atoms with Gasteiger partial charge in [-0.05, 0) is 55.5 Å². The summed E-state index contributed by atoms with van der Waals surface area (Å²) in [7, 11) is 1.62. The van der Waals surface area contributed by atoms with Gasteiger partial charge in [0.1, 0.15) is 6.61 Å². The van der Waals surface area contributed by atoms with E-state index in [0.717, 1.165) is 0 Å². The van der Waals surface area contributed by atoms with E-state index in [1.165, 1.54) is 6.92 Å². The van der Waals surface area contributed by atoms with Crippen molar-refractivity contribution in [1.82, 2.24) is 0 Å². The molecular formula is C24H30N2O7. The monoisotopic (exact) mass is 458 g/mol. The van der Waals surface area contributed by atoms with E-state index in [2.05, 4.69) is 10.2 Å². The Bertz CT molecular complexity index is 867. The molecule has 0 aliphatic heterocycles. The lowest BCUT2D eigenvalue weighted by atomic mass is 10.1. The SMILES string of the molecule is COCCOCCOCCOCCOC(=O)c1ccc(N=Nc2ccc(C(C)=O)cc2)cc1. The number of Topliss-reactive ketones (excluding diaryl/α,β-unsaturated/α-hetero) is 1. The van der Waals surface area contributed by atoms with Crippen molar-refractivity contribution in [3.05, 3.63) is 59.7 Å². The highest BCUT2D eigenvalue weighted by atomic mass is 16.6. The number of methoxy groups -OCH3 is 1. The zero-order chi connectivity index (χ0) is 23.7. The van der Waals surface area contributed by atoms with E-state index >= 15 is 0 Å². The van der Waals surface area contributed by atoms with Crippen LogP contribution in [0.2, 0.25) is 0 Å². The van der Waals surface area contributed by atoms with Gasteiger partial charge in [0.2, 0.25) is 0 Å². The summed E-state index contributed by atoms with van der Waals surface area (Å²) in [4.78, 5) is 23.4. The molecule has 0 unspecified atom stereocenters. The maximum Gasteiger partial charge on any atom is 0.338 e. The van der Waals surface area contributed by atoms with E-state index in [4.69, 9.17) is 23.7 Å². The zero-order valence-corrected chi connectivity index (χ0v) is 19.0. The number of benzene rings is 2. The number of nitrogens with zero attached hydrogens (tertiary/aromatic N) is 2. The van der Waals surface area contributed by atoms with Crippen LogP contribution in [0.3, 0.4) is 0 Å². The fourth-order valence-electron chi connectivity index (χ4n) is 2.50. The normalized spacial score (nSPS) is 11.1. The third-order valence-electron chi connectivity index (χ3n) is 4.29. The van der Waals surface area contributed by atoms with E-state index in [9.17, 15) is 9.59 Å². The molecule has 2 aromatic carbocycles. The average molecular weight is 459 g/mol. The molecule has 0 N–H and O–H groups in total. The van der Waals surface area contributed by atoms with Crippen LogP contribution in [0.1, 0.15) is 27.6 Å². The van der Waals surface area contributed by atoms with E-state index in [1.807, 2.05) is 0 Å². The van der Waals surface area contributed by atoms with Gasteiger partial charge >= 0.3 is 5.97 Å². The summed E-state index contributed by atoms with van der Waals surface area (Å²) in [6.07, 6.45) is 0. The number of esters is 1. The third kappa shape index (κ3) is 10.9. The number of ether oxygens (including phenoxy) is 5. The number of carbonyl (C=O) groups is 2. The van der Waals surface area contributed by atoms with Crippen LogP contribution in [0.5, 0.6) is 0 Å². The molecule has 0 aliphatic carbocycles. The van der Waals surface area contributed by atoms with Crippen LogP contribution in [0.15, 0.2) is 58.8 Å². The van der Waals surface area contributed by atoms with Crippen molar-refractivity contribution in [2.75, 3.05) is 60.0 Å². The number of azo groups is 1. The smallest absolute Gasteiger partial charge is 0.338 e. The highest BCUT2D eigenvalue weighted by Gasteiger charge is 2.07. The molecule has 9 nitrogen and oxygen atoms in total. The molecule has 0 heterocycles. The van der Waals surface area contributed by atoms with Crippen molar-refractivity contribution >= 4 is 23.1 Å². The Hall–Kier alpha value is -2.98. The van der Waals surface area contributed by atoms with Crippen LogP contribution in [0.25, 0.3) is 0 Å². The Morgan fingerprint density at radius 3 is 1.52 bits per heavy atom. The van der Waals surface area contributed by atoms with Crippen LogP contribution >= 0.6 is 0 Å². The predicted octanol–water partition coefficient (Wildman–Crippen LogP) is 4.16. The minimum absolute atomic E-state index is 0.00267. The van der Waals surface area contributed by atoms with Gasteiger partial charge in [-0.15, -0.1) is 0 Å². The van der Waals surface area contributed by atoms with E-state index < -0.39 is 5.97 Å². The lowest BCUT2D eigenvalue weighted by Gasteiger charge is -2.07. The van der Waals surface area contributed by atoms with Gasteiger partial charge in [0, 0.05) is 12.7 Å². The largest absolute Gasteiger partial charge is 0.460 e. The third-order valence-corrected chi connectivity index (χ3v) is 4.29. The van der Waals surface area contributed by atoms with Gasteiger partial charge in [-0.25, -0.2) is 4.79 Å². The second kappa shape index (κ2) is 15.8.